The van der Waals surface area contributed by atoms with Crippen molar-refractivity contribution in [2.24, 2.45) is 0 Å². The average Bonchev–Trinajstić information content (AvgIpc) is 3.35. The van der Waals surface area contributed by atoms with E-state index in [1.54, 1.807) is 23.5 Å². The Kier molecular flexibility index (Phi) is 4.47. The third-order valence-electron chi connectivity index (χ3n) is 4.14. The third kappa shape index (κ3) is 3.12. The first-order valence-electron chi connectivity index (χ1n) is 7.85. The van der Waals surface area contributed by atoms with Gasteiger partial charge >= 0.3 is 5.97 Å². The van der Waals surface area contributed by atoms with Crippen molar-refractivity contribution in [1.82, 2.24) is 4.57 Å². The van der Waals surface area contributed by atoms with E-state index in [4.69, 9.17) is 16.6 Å². The fourth-order valence-electron chi connectivity index (χ4n) is 2.86. The van der Waals surface area contributed by atoms with Gasteiger partial charge in [-0.2, -0.15) is 0 Å². The summed E-state index contributed by atoms with van der Waals surface area (Å²) in [5.41, 5.74) is -0.142. The van der Waals surface area contributed by atoms with Crippen LogP contribution in [0.5, 0.6) is 5.88 Å². The summed E-state index contributed by atoms with van der Waals surface area (Å²) in [6.45, 7) is 3.66. The Morgan fingerprint density at radius 2 is 2.04 bits per heavy atom. The molecule has 0 bridgehead atoms. The summed E-state index contributed by atoms with van der Waals surface area (Å²) >= 11 is 7.98. The predicted molar refractivity (Wildman–Crippen MR) is 109 cm³/mol. The van der Waals surface area contributed by atoms with Crippen LogP contribution >= 0.6 is 34.9 Å². The number of carboxylic acids is 1. The van der Waals surface area contributed by atoms with Crippen molar-refractivity contribution in [3.8, 4) is 16.5 Å². The van der Waals surface area contributed by atoms with Crippen molar-refractivity contribution in [3.63, 3.8) is 0 Å². The van der Waals surface area contributed by atoms with Crippen LogP contribution in [0.25, 0.3) is 20.7 Å². The van der Waals surface area contributed by atoms with Crippen molar-refractivity contribution in [2.45, 2.75) is 6.04 Å². The van der Waals surface area contributed by atoms with Gasteiger partial charge in [0, 0.05) is 4.70 Å². The lowest BCUT2D eigenvalue weighted by molar-refractivity contribution is -0.133. The quantitative estimate of drug-likeness (QED) is 0.323. The molecule has 0 amide bonds. The Morgan fingerprint density at radius 3 is 2.70 bits per heavy atom. The number of fused-ring (bicyclic) bond motifs is 1. The lowest BCUT2D eigenvalue weighted by Crippen LogP contribution is -2.17. The zero-order valence-electron chi connectivity index (χ0n) is 13.8. The van der Waals surface area contributed by atoms with Gasteiger partial charge in [0.25, 0.3) is 0 Å². The number of aromatic hydroxyl groups is 1. The maximum absolute atomic E-state index is 11.6. The molecule has 1 aromatic carbocycles. The average molecular weight is 416 g/mol. The molecule has 1 unspecified atom stereocenters. The molecule has 2 N–H and O–H groups in total. The first-order valence-corrected chi connectivity index (χ1v) is 9.96. The van der Waals surface area contributed by atoms with E-state index in [0.717, 1.165) is 26.3 Å². The molecule has 0 saturated heterocycles. The first-order chi connectivity index (χ1) is 13.0. The summed E-state index contributed by atoms with van der Waals surface area (Å²) in [4.78, 5) is 12.5. The second-order valence-corrected chi connectivity index (χ2v) is 8.40. The summed E-state index contributed by atoms with van der Waals surface area (Å²) < 4.78 is 8.78. The monoisotopic (exact) mass is 415 g/mol. The summed E-state index contributed by atoms with van der Waals surface area (Å²) in [5.74, 6) is -0.347. The molecule has 0 saturated carbocycles. The van der Waals surface area contributed by atoms with Crippen LogP contribution in [0.1, 0.15) is 11.8 Å². The smallest absolute Gasteiger partial charge is 0.333 e. The van der Waals surface area contributed by atoms with E-state index in [1.165, 1.54) is 9.95 Å². The van der Waals surface area contributed by atoms with E-state index in [0.29, 0.717) is 15.5 Å². The van der Waals surface area contributed by atoms with E-state index in [2.05, 4.69) is 6.58 Å². The minimum Gasteiger partial charge on any atom is -0.494 e. The van der Waals surface area contributed by atoms with Gasteiger partial charge < -0.3 is 14.6 Å². The van der Waals surface area contributed by atoms with E-state index in [9.17, 15) is 15.0 Å². The van der Waals surface area contributed by atoms with Gasteiger partial charge in [0.15, 0.2) is 3.95 Å². The van der Waals surface area contributed by atoms with Crippen molar-refractivity contribution in [1.29, 1.82) is 0 Å². The van der Waals surface area contributed by atoms with Gasteiger partial charge in [0.05, 0.1) is 15.8 Å². The molecule has 3 aromatic heterocycles. The normalized spacial score (nSPS) is 12.3. The van der Waals surface area contributed by atoms with Crippen LogP contribution in [0.15, 0.2) is 64.4 Å². The molecule has 4 rings (SSSR count). The Morgan fingerprint density at radius 1 is 1.26 bits per heavy atom. The van der Waals surface area contributed by atoms with Crippen LogP contribution < -0.4 is 0 Å². The number of thiophene rings is 1. The number of hydrogen-bond acceptors (Lipinski definition) is 6. The van der Waals surface area contributed by atoms with E-state index in [1.807, 2.05) is 30.3 Å². The highest BCUT2D eigenvalue weighted by Crippen LogP contribution is 2.38. The molecule has 8 heteroatoms. The Hall–Kier alpha value is -2.68. The molecular weight excluding hydrogens is 402 g/mol. The van der Waals surface area contributed by atoms with Crippen molar-refractivity contribution in [3.05, 3.63) is 69.7 Å². The van der Waals surface area contributed by atoms with Crippen LogP contribution in [0.2, 0.25) is 0 Å². The number of thiazole rings is 1. The fraction of sp³-hybridized carbons (Fsp3) is 0.0526. The number of aliphatic carboxylic acids is 1. The number of rotatable bonds is 5. The number of aromatic nitrogens is 1. The maximum Gasteiger partial charge on any atom is 0.333 e. The molecule has 0 aliphatic heterocycles. The van der Waals surface area contributed by atoms with Crippen molar-refractivity contribution < 1.29 is 19.4 Å². The molecule has 27 heavy (non-hydrogen) atoms. The number of carboxylic acid groups (broad SMARTS) is 1. The van der Waals surface area contributed by atoms with E-state index < -0.39 is 12.0 Å². The molecule has 3 heterocycles. The number of furan rings is 1. The molecule has 5 nitrogen and oxygen atoms in total. The number of benzene rings is 1. The lowest BCUT2D eigenvalue weighted by atomic mass is 10.1. The highest BCUT2D eigenvalue weighted by Gasteiger charge is 2.28. The number of carbonyl (C=O) groups is 1. The summed E-state index contributed by atoms with van der Waals surface area (Å²) in [6, 6.07) is 12.6. The molecule has 4 aromatic rings. The van der Waals surface area contributed by atoms with Gasteiger partial charge in [-0.25, -0.2) is 4.79 Å². The van der Waals surface area contributed by atoms with Gasteiger partial charge in [0.1, 0.15) is 17.6 Å². The standard InChI is InChI=1S/C19H13NO4S3/c1-10(18(22)23)17(20-16(21)9-26-19(20)25)13-7-6-12(24-13)15-8-11-4-2-3-5-14(11)27-15/h2-9,17,21H,1H2,(H,22,23). The molecule has 0 spiro atoms. The van der Waals surface area contributed by atoms with Crippen molar-refractivity contribution in [2.75, 3.05) is 0 Å². The van der Waals surface area contributed by atoms with Gasteiger partial charge in [-0.1, -0.05) is 24.8 Å². The lowest BCUT2D eigenvalue weighted by Gasteiger charge is -2.17. The van der Waals surface area contributed by atoms with Gasteiger partial charge in [0.2, 0.25) is 5.88 Å². The van der Waals surface area contributed by atoms with E-state index >= 15 is 0 Å². The molecule has 0 fully saturated rings. The van der Waals surface area contributed by atoms with Gasteiger partial charge in [-0.15, -0.1) is 22.7 Å². The van der Waals surface area contributed by atoms with Crippen LogP contribution in [0.4, 0.5) is 0 Å². The Bertz CT molecular complexity index is 1190. The predicted octanol–water partition coefficient (Wildman–Crippen LogP) is 5.69. The molecule has 0 radical (unpaired) electrons. The topological polar surface area (TPSA) is 75.6 Å². The maximum atomic E-state index is 11.6. The highest BCUT2D eigenvalue weighted by atomic mass is 32.1. The molecular formula is C19H13NO4S3. The minimum absolute atomic E-state index is 0.128. The van der Waals surface area contributed by atoms with E-state index in [-0.39, 0.29) is 11.5 Å². The van der Waals surface area contributed by atoms with Gasteiger partial charge in [-0.3, -0.25) is 4.57 Å². The van der Waals surface area contributed by atoms with Crippen LogP contribution in [-0.4, -0.2) is 20.7 Å². The van der Waals surface area contributed by atoms with Crippen LogP contribution in [-0.2, 0) is 4.79 Å². The van der Waals surface area contributed by atoms with Crippen molar-refractivity contribution >= 4 is 50.9 Å². The minimum atomic E-state index is -1.19. The van der Waals surface area contributed by atoms with Gasteiger partial charge in [-0.05, 0) is 41.9 Å². The molecule has 136 valence electrons. The zero-order valence-corrected chi connectivity index (χ0v) is 16.2. The molecule has 0 aliphatic rings. The summed E-state index contributed by atoms with van der Waals surface area (Å²) in [5, 5.41) is 22.2. The van der Waals surface area contributed by atoms with Crippen LogP contribution in [0, 0.1) is 3.95 Å². The number of hydrogen-bond donors (Lipinski definition) is 2. The largest absolute Gasteiger partial charge is 0.494 e. The summed E-state index contributed by atoms with van der Waals surface area (Å²) in [7, 11) is 0. The Labute approximate surface area is 167 Å². The first kappa shape index (κ1) is 17.7. The fourth-order valence-corrected chi connectivity index (χ4v) is 4.86. The SMILES string of the molecule is C=C(C(=O)O)C(c1ccc(-c2cc3ccccc3s2)o1)n1c(O)csc1=S. The molecule has 0 aliphatic carbocycles. The number of nitrogens with zero attached hydrogens (tertiary/aromatic N) is 1. The highest BCUT2D eigenvalue weighted by molar-refractivity contribution is 7.73. The second kappa shape index (κ2) is 6.80. The Balaban J connectivity index is 1.81. The summed E-state index contributed by atoms with van der Waals surface area (Å²) in [6.07, 6.45) is 0. The van der Waals surface area contributed by atoms with Crippen LogP contribution in [0.3, 0.4) is 0 Å². The molecule has 1 atom stereocenters. The third-order valence-corrected chi connectivity index (χ3v) is 6.48. The second-order valence-electron chi connectivity index (χ2n) is 5.81. The zero-order chi connectivity index (χ0) is 19.1.